The SMILES string of the molecule is CCCNc1cc(C(=O)NC(C)C(C)(C)C)cc(CC)n1. The van der Waals surface area contributed by atoms with Crippen LogP contribution < -0.4 is 10.6 Å². The topological polar surface area (TPSA) is 54.0 Å². The number of nitrogens with one attached hydrogen (secondary N) is 2. The van der Waals surface area contributed by atoms with E-state index in [0.29, 0.717) is 5.56 Å². The van der Waals surface area contributed by atoms with E-state index in [-0.39, 0.29) is 17.4 Å². The van der Waals surface area contributed by atoms with Gasteiger partial charge in [0.25, 0.3) is 5.91 Å². The number of hydrogen-bond donors (Lipinski definition) is 2. The lowest BCUT2D eigenvalue weighted by atomic mass is 9.88. The molecule has 4 heteroatoms. The standard InChI is InChI=1S/C17H29N3O/c1-7-9-18-15-11-13(10-14(8-2)20-15)16(21)19-12(3)17(4,5)6/h10-12H,7-9H2,1-6H3,(H,18,20)(H,19,21). The fraction of sp³-hybridized carbons (Fsp3) is 0.647. The molecule has 0 fully saturated rings. The maximum absolute atomic E-state index is 12.4. The van der Waals surface area contributed by atoms with E-state index in [1.54, 1.807) is 0 Å². The van der Waals surface area contributed by atoms with Crippen LogP contribution >= 0.6 is 0 Å². The van der Waals surface area contributed by atoms with Crippen molar-refractivity contribution in [2.75, 3.05) is 11.9 Å². The molecule has 0 saturated heterocycles. The van der Waals surface area contributed by atoms with Gasteiger partial charge in [-0.15, -0.1) is 0 Å². The van der Waals surface area contributed by atoms with Gasteiger partial charge < -0.3 is 10.6 Å². The van der Waals surface area contributed by atoms with Crippen LogP contribution in [-0.2, 0) is 6.42 Å². The van der Waals surface area contributed by atoms with Crippen molar-refractivity contribution in [1.82, 2.24) is 10.3 Å². The molecule has 0 spiro atoms. The summed E-state index contributed by atoms with van der Waals surface area (Å²) in [5.41, 5.74) is 1.65. The lowest BCUT2D eigenvalue weighted by Crippen LogP contribution is -2.41. The van der Waals surface area contributed by atoms with Gasteiger partial charge in [-0.05, 0) is 37.3 Å². The predicted octanol–water partition coefficient (Wildman–Crippen LogP) is 3.63. The van der Waals surface area contributed by atoms with Crippen LogP contribution in [-0.4, -0.2) is 23.5 Å². The molecule has 1 aromatic rings. The van der Waals surface area contributed by atoms with Crippen LogP contribution in [0.1, 0.15) is 64.0 Å². The number of aryl methyl sites for hydroxylation is 1. The average Bonchev–Trinajstić information content (AvgIpc) is 2.43. The Bertz CT molecular complexity index is 477. The van der Waals surface area contributed by atoms with Gasteiger partial charge in [0.2, 0.25) is 0 Å². The molecule has 0 saturated carbocycles. The second kappa shape index (κ2) is 7.43. The van der Waals surface area contributed by atoms with Crippen LogP contribution in [0.25, 0.3) is 0 Å². The molecule has 2 N–H and O–H groups in total. The lowest BCUT2D eigenvalue weighted by Gasteiger charge is -2.28. The van der Waals surface area contributed by atoms with E-state index in [2.05, 4.69) is 43.3 Å². The zero-order valence-corrected chi connectivity index (χ0v) is 14.2. The van der Waals surface area contributed by atoms with Gasteiger partial charge in [-0.3, -0.25) is 4.79 Å². The normalized spacial score (nSPS) is 12.9. The summed E-state index contributed by atoms with van der Waals surface area (Å²) < 4.78 is 0. The molecule has 0 radical (unpaired) electrons. The van der Waals surface area contributed by atoms with Crippen LogP contribution in [0.3, 0.4) is 0 Å². The number of carbonyl (C=O) groups excluding carboxylic acids is 1. The van der Waals surface area contributed by atoms with Gasteiger partial charge in [-0.2, -0.15) is 0 Å². The smallest absolute Gasteiger partial charge is 0.251 e. The van der Waals surface area contributed by atoms with Gasteiger partial charge in [0, 0.05) is 23.8 Å². The zero-order chi connectivity index (χ0) is 16.0. The van der Waals surface area contributed by atoms with Crippen LogP contribution in [0.2, 0.25) is 0 Å². The predicted molar refractivity (Wildman–Crippen MR) is 88.8 cm³/mol. The zero-order valence-electron chi connectivity index (χ0n) is 14.2. The first kappa shape index (κ1) is 17.5. The first-order chi connectivity index (χ1) is 9.77. The van der Waals surface area contributed by atoms with E-state index in [9.17, 15) is 4.79 Å². The molecule has 0 bridgehead atoms. The Morgan fingerprint density at radius 2 is 1.95 bits per heavy atom. The number of rotatable bonds is 6. The summed E-state index contributed by atoms with van der Waals surface area (Å²) in [6, 6.07) is 3.82. The molecule has 1 amide bonds. The Morgan fingerprint density at radius 3 is 2.48 bits per heavy atom. The van der Waals surface area contributed by atoms with E-state index in [1.807, 2.05) is 26.0 Å². The number of hydrogen-bond acceptors (Lipinski definition) is 3. The molecule has 21 heavy (non-hydrogen) atoms. The van der Waals surface area contributed by atoms with Crippen molar-refractivity contribution in [2.45, 2.75) is 60.4 Å². The van der Waals surface area contributed by atoms with Gasteiger partial charge in [-0.25, -0.2) is 4.98 Å². The Labute approximate surface area is 128 Å². The van der Waals surface area contributed by atoms with Crippen LogP contribution in [0.5, 0.6) is 0 Å². The summed E-state index contributed by atoms with van der Waals surface area (Å²) in [6.45, 7) is 13.4. The van der Waals surface area contributed by atoms with E-state index >= 15 is 0 Å². The van der Waals surface area contributed by atoms with Gasteiger partial charge >= 0.3 is 0 Å². The van der Waals surface area contributed by atoms with Gasteiger partial charge in [0.1, 0.15) is 5.82 Å². The molecule has 1 rings (SSSR count). The summed E-state index contributed by atoms with van der Waals surface area (Å²) in [5.74, 6) is 0.749. The molecular weight excluding hydrogens is 262 g/mol. The molecule has 0 aromatic carbocycles. The van der Waals surface area contributed by atoms with E-state index in [4.69, 9.17) is 0 Å². The maximum atomic E-state index is 12.4. The average molecular weight is 291 g/mol. The van der Waals surface area contributed by atoms with E-state index in [0.717, 1.165) is 30.9 Å². The minimum atomic E-state index is -0.0333. The second-order valence-corrected chi connectivity index (χ2v) is 6.57. The number of carbonyl (C=O) groups is 1. The summed E-state index contributed by atoms with van der Waals surface area (Å²) in [5, 5.41) is 6.33. The monoisotopic (exact) mass is 291 g/mol. The highest BCUT2D eigenvalue weighted by Gasteiger charge is 2.22. The number of pyridine rings is 1. The Hall–Kier alpha value is -1.58. The first-order valence-electron chi connectivity index (χ1n) is 7.83. The number of aromatic nitrogens is 1. The highest BCUT2D eigenvalue weighted by Crippen LogP contribution is 2.19. The Balaban J connectivity index is 2.92. The van der Waals surface area contributed by atoms with Crippen molar-refractivity contribution in [3.8, 4) is 0 Å². The summed E-state index contributed by atoms with van der Waals surface area (Å²) in [7, 11) is 0. The maximum Gasteiger partial charge on any atom is 0.251 e. The first-order valence-corrected chi connectivity index (χ1v) is 7.83. The van der Waals surface area contributed by atoms with Crippen molar-refractivity contribution in [3.63, 3.8) is 0 Å². The van der Waals surface area contributed by atoms with Gasteiger partial charge in [0.15, 0.2) is 0 Å². The molecule has 118 valence electrons. The molecule has 1 aromatic heterocycles. The van der Waals surface area contributed by atoms with Crippen molar-refractivity contribution >= 4 is 11.7 Å². The highest BCUT2D eigenvalue weighted by atomic mass is 16.1. The molecule has 4 nitrogen and oxygen atoms in total. The van der Waals surface area contributed by atoms with Crippen LogP contribution in [0.15, 0.2) is 12.1 Å². The molecule has 0 aliphatic heterocycles. The third kappa shape index (κ3) is 5.37. The Morgan fingerprint density at radius 1 is 1.29 bits per heavy atom. The van der Waals surface area contributed by atoms with E-state index in [1.165, 1.54) is 0 Å². The van der Waals surface area contributed by atoms with Crippen molar-refractivity contribution < 1.29 is 4.79 Å². The van der Waals surface area contributed by atoms with Gasteiger partial charge in [-0.1, -0.05) is 34.6 Å². The highest BCUT2D eigenvalue weighted by molar-refractivity contribution is 5.95. The molecule has 1 unspecified atom stereocenters. The minimum Gasteiger partial charge on any atom is -0.370 e. The lowest BCUT2D eigenvalue weighted by molar-refractivity contribution is 0.0910. The largest absolute Gasteiger partial charge is 0.370 e. The molecule has 1 atom stereocenters. The molecule has 0 aliphatic carbocycles. The molecular formula is C17H29N3O. The van der Waals surface area contributed by atoms with E-state index < -0.39 is 0 Å². The van der Waals surface area contributed by atoms with Crippen molar-refractivity contribution in [2.24, 2.45) is 5.41 Å². The summed E-state index contributed by atoms with van der Waals surface area (Å²) in [6.07, 6.45) is 1.84. The van der Waals surface area contributed by atoms with Crippen LogP contribution in [0.4, 0.5) is 5.82 Å². The van der Waals surface area contributed by atoms with Crippen LogP contribution in [0, 0.1) is 5.41 Å². The summed E-state index contributed by atoms with van der Waals surface area (Å²) >= 11 is 0. The minimum absolute atomic E-state index is 0.0333. The van der Waals surface area contributed by atoms with Crippen molar-refractivity contribution in [3.05, 3.63) is 23.4 Å². The fourth-order valence-corrected chi connectivity index (χ4v) is 1.74. The van der Waals surface area contributed by atoms with Crippen molar-refractivity contribution in [1.29, 1.82) is 0 Å². The van der Waals surface area contributed by atoms with Gasteiger partial charge in [0.05, 0.1) is 0 Å². The second-order valence-electron chi connectivity index (χ2n) is 6.57. The summed E-state index contributed by atoms with van der Waals surface area (Å²) in [4.78, 5) is 16.9. The Kier molecular flexibility index (Phi) is 6.19. The number of nitrogens with zero attached hydrogens (tertiary/aromatic N) is 1. The molecule has 1 heterocycles. The number of anilines is 1. The fourth-order valence-electron chi connectivity index (χ4n) is 1.74. The number of amides is 1. The third-order valence-corrected chi connectivity index (χ3v) is 3.71. The quantitative estimate of drug-likeness (QED) is 0.841. The third-order valence-electron chi connectivity index (χ3n) is 3.71. The molecule has 0 aliphatic rings.